The molecule has 27 heavy (non-hydrogen) atoms. The Hall–Kier alpha value is -0.0910. The van der Waals surface area contributed by atoms with Crippen LogP contribution in [0.25, 0.3) is 0 Å². The first kappa shape index (κ1) is 23.2. The van der Waals surface area contributed by atoms with E-state index in [0.29, 0.717) is 0 Å². The fourth-order valence-corrected chi connectivity index (χ4v) is 13.5. The van der Waals surface area contributed by atoms with Crippen LogP contribution in [0.3, 0.4) is 0 Å². The number of rotatable bonds is 14. The predicted octanol–water partition coefficient (Wildman–Crippen LogP) is 6.69. The zero-order valence-corrected chi connectivity index (χ0v) is 21.1. The Morgan fingerprint density at radius 1 is 0.704 bits per heavy atom. The second kappa shape index (κ2) is 14.0. The van der Waals surface area contributed by atoms with Gasteiger partial charge in [-0.3, -0.25) is 0 Å². The molecule has 148 valence electrons. The standard InChI is InChI=1S/C24H35PSe2/c1-2-3-4-11-21-27-22-20-25(26,18-16-23-12-7-5-8-13-23)19-17-24-14-9-6-10-15-24/h5-10,12-15H,2-4,11,16-22H2,1H3. The number of hydrogen-bond donors (Lipinski definition) is 0. The molecule has 0 aliphatic rings. The van der Waals surface area contributed by atoms with Crippen LogP contribution in [-0.2, 0) is 12.8 Å². The third-order valence-electron chi connectivity index (χ3n) is 5.09. The van der Waals surface area contributed by atoms with Crippen molar-refractivity contribution >= 4 is 35.6 Å². The molecule has 0 atom stereocenters. The summed E-state index contributed by atoms with van der Waals surface area (Å²) in [5, 5.41) is 2.97. The molecule has 0 amide bonds. The second-order valence-electron chi connectivity index (χ2n) is 7.37. The van der Waals surface area contributed by atoms with Gasteiger partial charge >= 0.3 is 182 Å². The third kappa shape index (κ3) is 10.3. The fraction of sp³-hybridized carbons (Fsp3) is 0.500. The van der Waals surface area contributed by atoms with E-state index in [1.54, 1.807) is 0 Å². The minimum absolute atomic E-state index is 0.850. The normalized spacial score (nSPS) is 11.6. The Morgan fingerprint density at radius 3 is 1.78 bits per heavy atom. The molecule has 0 aromatic heterocycles. The predicted molar refractivity (Wildman–Crippen MR) is 127 cm³/mol. The van der Waals surface area contributed by atoms with Crippen molar-refractivity contribution in [1.29, 1.82) is 0 Å². The second-order valence-corrected chi connectivity index (χ2v) is 18.3. The number of unbranched alkanes of at least 4 members (excludes halogenated alkanes) is 3. The first-order valence-corrected chi connectivity index (χ1v) is 17.4. The Labute approximate surface area is 181 Å². The molecule has 0 saturated heterocycles. The third-order valence-corrected chi connectivity index (χ3v) is 14.6. The molecule has 0 fully saturated rings. The van der Waals surface area contributed by atoms with Crippen LogP contribution < -0.4 is 0 Å². The van der Waals surface area contributed by atoms with E-state index in [2.05, 4.69) is 82.7 Å². The molecule has 0 saturated carbocycles. The van der Waals surface area contributed by atoms with E-state index >= 15 is 0 Å². The van der Waals surface area contributed by atoms with Gasteiger partial charge in [-0.15, -0.1) is 0 Å². The molecule has 0 bridgehead atoms. The minimum atomic E-state index is -0.971. The maximum absolute atomic E-state index is 3.76. The van der Waals surface area contributed by atoms with E-state index in [0.717, 1.165) is 15.0 Å². The van der Waals surface area contributed by atoms with Crippen molar-refractivity contribution in [3.05, 3.63) is 71.8 Å². The van der Waals surface area contributed by atoms with Gasteiger partial charge in [0.25, 0.3) is 0 Å². The van der Waals surface area contributed by atoms with E-state index in [1.165, 1.54) is 78.8 Å². The van der Waals surface area contributed by atoms with Crippen molar-refractivity contribution < 1.29 is 0 Å². The molecule has 2 rings (SSSR count). The topological polar surface area (TPSA) is 0 Å². The summed E-state index contributed by atoms with van der Waals surface area (Å²) in [5.74, 6) is 0. The van der Waals surface area contributed by atoms with E-state index in [-0.39, 0.29) is 0 Å². The van der Waals surface area contributed by atoms with Gasteiger partial charge in [0.05, 0.1) is 0 Å². The zero-order chi connectivity index (χ0) is 19.2. The molecule has 0 unspecified atom stereocenters. The van der Waals surface area contributed by atoms with Gasteiger partial charge in [-0.25, -0.2) is 0 Å². The van der Waals surface area contributed by atoms with Gasteiger partial charge in [-0.2, -0.15) is 0 Å². The van der Waals surface area contributed by atoms with Crippen molar-refractivity contribution in [3.63, 3.8) is 0 Å². The Morgan fingerprint density at radius 2 is 1.26 bits per heavy atom. The monoisotopic (exact) mass is 514 g/mol. The van der Waals surface area contributed by atoms with Crippen molar-refractivity contribution in [3.8, 4) is 0 Å². The summed E-state index contributed by atoms with van der Waals surface area (Å²) >= 11 is 4.61. The summed E-state index contributed by atoms with van der Waals surface area (Å²) in [5.41, 5.74) is 2.03. The maximum atomic E-state index is 3.76. The van der Waals surface area contributed by atoms with Crippen molar-refractivity contribution in [2.24, 2.45) is 0 Å². The van der Waals surface area contributed by atoms with Crippen molar-refractivity contribution in [2.45, 2.75) is 56.1 Å². The van der Waals surface area contributed by atoms with E-state index < -0.39 is 5.51 Å². The summed E-state index contributed by atoms with van der Waals surface area (Å²) in [7, 11) is 0. The van der Waals surface area contributed by atoms with Gasteiger partial charge in [0.2, 0.25) is 0 Å². The number of benzene rings is 2. The van der Waals surface area contributed by atoms with Crippen molar-refractivity contribution in [2.75, 3.05) is 18.5 Å². The van der Waals surface area contributed by atoms with Crippen LogP contribution in [0, 0.1) is 0 Å². The number of aryl methyl sites for hydroxylation is 2. The summed E-state index contributed by atoms with van der Waals surface area (Å²) in [6.07, 6.45) is 12.3. The zero-order valence-electron chi connectivity index (χ0n) is 16.8. The van der Waals surface area contributed by atoms with Crippen LogP contribution in [0.5, 0.6) is 0 Å². The van der Waals surface area contributed by atoms with Crippen LogP contribution in [0.1, 0.15) is 43.7 Å². The quantitative estimate of drug-likeness (QED) is 0.150. The van der Waals surface area contributed by atoms with Crippen molar-refractivity contribution in [1.82, 2.24) is 0 Å². The molecule has 0 aliphatic heterocycles. The van der Waals surface area contributed by atoms with E-state index in [4.69, 9.17) is 0 Å². The molecule has 0 N–H and O–H groups in total. The molecule has 0 spiro atoms. The van der Waals surface area contributed by atoms with Crippen LogP contribution in [0.2, 0.25) is 10.6 Å². The first-order chi connectivity index (χ1) is 13.2. The van der Waals surface area contributed by atoms with Crippen LogP contribution >= 0.6 is 5.51 Å². The van der Waals surface area contributed by atoms with E-state index in [9.17, 15) is 0 Å². The van der Waals surface area contributed by atoms with E-state index in [1.807, 2.05) is 0 Å². The van der Waals surface area contributed by atoms with Gasteiger partial charge < -0.3 is 0 Å². The summed E-state index contributed by atoms with van der Waals surface area (Å²) in [4.78, 5) is 0. The molecule has 2 aromatic rings. The average Bonchev–Trinajstić information content (AvgIpc) is 2.72. The molecule has 0 aliphatic carbocycles. The van der Waals surface area contributed by atoms with Crippen LogP contribution in [0.4, 0.5) is 0 Å². The summed E-state index contributed by atoms with van der Waals surface area (Å²) in [6.45, 7) is 2.30. The van der Waals surface area contributed by atoms with Gasteiger partial charge in [-0.1, -0.05) is 0 Å². The summed E-state index contributed by atoms with van der Waals surface area (Å²) < 4.78 is 0. The molecule has 0 heterocycles. The molecular formula is C24H35PSe2. The van der Waals surface area contributed by atoms with Gasteiger partial charge in [0.15, 0.2) is 0 Å². The summed E-state index contributed by atoms with van der Waals surface area (Å²) in [6, 6.07) is 22.1. The molecule has 0 radical (unpaired) electrons. The van der Waals surface area contributed by atoms with Gasteiger partial charge in [0.1, 0.15) is 0 Å². The Bertz CT molecular complexity index is 607. The molecule has 2 aromatic carbocycles. The fourth-order valence-electron chi connectivity index (χ4n) is 3.25. The molecule has 3 heteroatoms. The van der Waals surface area contributed by atoms with Crippen LogP contribution in [-0.4, -0.2) is 48.5 Å². The van der Waals surface area contributed by atoms with Gasteiger partial charge in [0, 0.05) is 0 Å². The Balaban J connectivity index is 1.83. The Kier molecular flexibility index (Phi) is 12.0. The van der Waals surface area contributed by atoms with Crippen LogP contribution in [0.15, 0.2) is 60.7 Å². The SMILES string of the molecule is CCCCCC[Se]CCP(=[Se])(CCc1ccccc1)CCc1ccccc1. The molecule has 0 nitrogen and oxygen atoms in total. The number of hydrogen-bond acceptors (Lipinski definition) is 0. The average molecular weight is 512 g/mol. The van der Waals surface area contributed by atoms with Gasteiger partial charge in [-0.05, 0) is 0 Å². The molecular weight excluding hydrogens is 477 g/mol. The first-order valence-electron chi connectivity index (χ1n) is 10.4.